The third-order valence-electron chi connectivity index (χ3n) is 0.949. The van der Waals surface area contributed by atoms with Crippen LogP contribution in [0, 0.1) is 0 Å². The van der Waals surface area contributed by atoms with Crippen molar-refractivity contribution in [1.29, 1.82) is 0 Å². The Morgan fingerprint density at radius 3 is 1.50 bits per heavy atom. The molecule has 0 N–H and O–H groups in total. The first-order chi connectivity index (χ1) is 2.56. The van der Waals surface area contributed by atoms with Crippen LogP contribution in [0.15, 0.2) is 0 Å². The molecule has 2 heteroatoms. The van der Waals surface area contributed by atoms with Crippen molar-refractivity contribution in [2.45, 2.75) is 21.7 Å². The van der Waals surface area contributed by atoms with Crippen LogP contribution in [-0.2, 0) is 14.0 Å². The quantitative estimate of drug-likeness (QED) is 0.478. The molecule has 0 aliphatic heterocycles. The molecule has 0 aromatic rings. The van der Waals surface area contributed by atoms with Crippen LogP contribution in [-0.4, -0.2) is 10.2 Å². The molecular weight excluding hydrogens is 127 g/mol. The Bertz CT molecular complexity index is 37.3. The summed E-state index contributed by atoms with van der Waals surface area (Å²) in [5.41, 5.74) is 7.35. The van der Waals surface area contributed by atoms with Crippen LogP contribution in [0.5, 0.6) is 0 Å². The van der Waals surface area contributed by atoms with Crippen LogP contribution < -0.4 is 0 Å². The van der Waals surface area contributed by atoms with Crippen molar-refractivity contribution in [3.05, 3.63) is 0 Å². The minimum atomic E-state index is -0.848. The first-order valence-corrected chi connectivity index (χ1v) is 8.96. The van der Waals surface area contributed by atoms with Crippen molar-refractivity contribution in [3.63, 3.8) is 0 Å². The van der Waals surface area contributed by atoms with E-state index in [9.17, 15) is 0 Å². The molecule has 0 atom stereocenters. The van der Waals surface area contributed by atoms with Gasteiger partial charge in [0.15, 0.2) is 0 Å². The Labute approximate surface area is 46.3 Å². The van der Waals surface area contributed by atoms with Gasteiger partial charge in [0, 0.05) is 0 Å². The van der Waals surface area contributed by atoms with Crippen molar-refractivity contribution in [2.75, 3.05) is 0 Å². The van der Waals surface area contributed by atoms with Gasteiger partial charge in [-0.2, -0.15) is 0 Å². The summed E-state index contributed by atoms with van der Waals surface area (Å²) in [4.78, 5) is 0. The molecular formula is C4H14SiV. The minimum absolute atomic E-state index is 0.848. The number of hydrogen-bond acceptors (Lipinski definition) is 0. The Hall–Kier alpha value is 0.801. The van der Waals surface area contributed by atoms with E-state index in [1.165, 1.54) is 10.2 Å². The Morgan fingerprint density at radius 1 is 1.33 bits per heavy atom. The first kappa shape index (κ1) is 6.80. The van der Waals surface area contributed by atoms with E-state index < -0.39 is 14.0 Å². The zero-order valence-electron chi connectivity index (χ0n) is 5.15. The van der Waals surface area contributed by atoms with Crippen molar-refractivity contribution >= 4 is 10.2 Å². The van der Waals surface area contributed by atoms with Gasteiger partial charge in [0.2, 0.25) is 0 Å². The Balaban J connectivity index is 3.17. The van der Waals surface area contributed by atoms with Crippen LogP contribution in [0.1, 0.15) is 0 Å². The SMILES string of the molecule is [CH3][V]([CH3])([CH3])[CH2][SiH3]. The summed E-state index contributed by atoms with van der Waals surface area (Å²) in [5.74, 6) is 0. The van der Waals surface area contributed by atoms with Crippen LogP contribution in [0.25, 0.3) is 0 Å². The maximum absolute atomic E-state index is 2.45. The fraction of sp³-hybridized carbons (Fsp3) is 1.00. The summed E-state index contributed by atoms with van der Waals surface area (Å²) >= 11 is -0.848. The molecule has 0 heterocycles. The standard InChI is InChI=1S/CH5Si.3CH3.V/c1-2;;;;/h1H2,2H3;3*1H3;. The van der Waals surface area contributed by atoms with E-state index in [-0.39, 0.29) is 0 Å². The zero-order valence-corrected chi connectivity index (χ0v) is 8.55. The van der Waals surface area contributed by atoms with Gasteiger partial charge in [-0.1, -0.05) is 0 Å². The summed E-state index contributed by atoms with van der Waals surface area (Å²) in [6, 6.07) is 0. The van der Waals surface area contributed by atoms with E-state index >= 15 is 0 Å². The molecule has 0 fully saturated rings. The van der Waals surface area contributed by atoms with Crippen LogP contribution in [0.4, 0.5) is 0 Å². The van der Waals surface area contributed by atoms with Gasteiger partial charge in [-0.3, -0.25) is 0 Å². The molecule has 0 aromatic carbocycles. The molecule has 0 aliphatic carbocycles. The predicted octanol–water partition coefficient (Wildman–Crippen LogP) is 1.03. The van der Waals surface area contributed by atoms with Gasteiger partial charge in [-0.25, -0.2) is 0 Å². The average Bonchev–Trinajstić information content (AvgIpc) is 1.35. The second-order valence-corrected chi connectivity index (χ2v) is 13.4. The summed E-state index contributed by atoms with van der Waals surface area (Å²) in [6.07, 6.45) is 0. The molecule has 0 aromatic heterocycles. The van der Waals surface area contributed by atoms with Crippen molar-refractivity contribution < 1.29 is 14.0 Å². The normalized spacial score (nSPS) is 12.5. The Morgan fingerprint density at radius 2 is 1.50 bits per heavy atom. The van der Waals surface area contributed by atoms with Gasteiger partial charge in [-0.15, -0.1) is 0 Å². The summed E-state index contributed by atoms with van der Waals surface area (Å²) in [7, 11) is 1.42. The van der Waals surface area contributed by atoms with E-state index in [1.807, 2.05) is 0 Å². The van der Waals surface area contributed by atoms with Gasteiger partial charge < -0.3 is 0 Å². The molecule has 0 nitrogen and oxygen atoms in total. The van der Waals surface area contributed by atoms with Gasteiger partial charge in [0.1, 0.15) is 0 Å². The molecule has 0 radical (unpaired) electrons. The second-order valence-electron chi connectivity index (χ2n) is 2.61. The molecule has 0 saturated carbocycles. The first-order valence-electron chi connectivity index (χ1n) is 2.36. The molecule has 0 amide bonds. The second kappa shape index (κ2) is 2.20. The van der Waals surface area contributed by atoms with E-state index in [4.69, 9.17) is 0 Å². The third-order valence-corrected chi connectivity index (χ3v) is 11.7. The molecule has 0 unspecified atom stereocenters. The summed E-state index contributed by atoms with van der Waals surface area (Å²) < 4.78 is 1.58. The number of hydrogen-bond donors (Lipinski definition) is 0. The van der Waals surface area contributed by atoms with E-state index in [2.05, 4.69) is 16.9 Å². The van der Waals surface area contributed by atoms with Crippen molar-refractivity contribution in [1.82, 2.24) is 0 Å². The number of rotatable bonds is 1. The Kier molecular flexibility index (Phi) is 2.49. The van der Waals surface area contributed by atoms with E-state index in [0.29, 0.717) is 0 Å². The van der Waals surface area contributed by atoms with Gasteiger partial charge in [0.25, 0.3) is 0 Å². The van der Waals surface area contributed by atoms with Crippen molar-refractivity contribution in [2.24, 2.45) is 0 Å². The summed E-state index contributed by atoms with van der Waals surface area (Å²) in [5, 5.41) is 0. The topological polar surface area (TPSA) is 0 Å². The van der Waals surface area contributed by atoms with Crippen LogP contribution >= 0.6 is 0 Å². The van der Waals surface area contributed by atoms with Gasteiger partial charge in [-0.05, 0) is 0 Å². The molecule has 0 saturated heterocycles. The molecule has 6 heavy (non-hydrogen) atoms. The fourth-order valence-corrected chi connectivity index (χ4v) is 0. The van der Waals surface area contributed by atoms with Crippen molar-refractivity contribution in [3.8, 4) is 0 Å². The van der Waals surface area contributed by atoms with E-state index in [1.54, 1.807) is 4.76 Å². The molecule has 0 bridgehead atoms. The van der Waals surface area contributed by atoms with Gasteiger partial charge in [0.05, 0.1) is 0 Å². The molecule has 0 aliphatic rings. The average molecular weight is 141 g/mol. The fourth-order valence-electron chi connectivity index (χ4n) is 0. The molecule has 0 rings (SSSR count). The third kappa shape index (κ3) is 4.80. The monoisotopic (exact) mass is 141 g/mol. The van der Waals surface area contributed by atoms with Gasteiger partial charge >= 0.3 is 45.9 Å². The summed E-state index contributed by atoms with van der Waals surface area (Å²) in [6.45, 7) is 0. The van der Waals surface area contributed by atoms with Crippen LogP contribution in [0.2, 0.25) is 21.7 Å². The molecule has 39 valence electrons. The predicted molar refractivity (Wildman–Crippen MR) is 32.3 cm³/mol. The van der Waals surface area contributed by atoms with Crippen LogP contribution in [0.3, 0.4) is 0 Å². The molecule has 0 spiro atoms. The van der Waals surface area contributed by atoms with E-state index in [0.717, 1.165) is 0 Å². The zero-order chi connectivity index (χ0) is 5.21. The maximum atomic E-state index is 2.45.